The molecule has 0 aliphatic rings. The molecule has 0 amide bonds. The Labute approximate surface area is 202 Å². The smallest absolute Gasteiger partial charge is 0.235 e. The van der Waals surface area contributed by atoms with Gasteiger partial charge in [-0.2, -0.15) is 0 Å². The number of ketones is 1. The molecule has 1 aromatic heterocycles. The number of methoxy groups -OCH3 is 3. The Morgan fingerprint density at radius 1 is 0.829 bits per heavy atom. The predicted molar refractivity (Wildman–Crippen MR) is 133 cm³/mol. The molecule has 0 bridgehead atoms. The fraction of sp³-hybridized carbons (Fsp3) is 0.214. The minimum atomic E-state index is -0.360. The molecule has 4 rings (SSSR count). The third kappa shape index (κ3) is 4.71. The number of Topliss-reactive ketones (excluding diaryl/α,β-unsaturated/α-hetero) is 1. The second-order valence-corrected chi connectivity index (χ2v) is 8.03. The molecule has 180 valence electrons. The number of fused-ring (bicyclic) bond motifs is 1. The van der Waals surface area contributed by atoms with Gasteiger partial charge in [0.2, 0.25) is 11.2 Å². The lowest BCUT2D eigenvalue weighted by Crippen LogP contribution is -2.17. The van der Waals surface area contributed by atoms with Crippen molar-refractivity contribution in [1.82, 2.24) is 0 Å². The molecular weight excluding hydrogens is 448 g/mol. The molecule has 0 radical (unpaired) electrons. The van der Waals surface area contributed by atoms with Crippen molar-refractivity contribution in [2.45, 2.75) is 13.8 Å². The van der Waals surface area contributed by atoms with E-state index in [0.29, 0.717) is 39.3 Å². The number of carbonyl (C=O) groups excluding carboxylic acids is 1. The molecule has 0 unspecified atom stereocenters. The molecule has 0 fully saturated rings. The van der Waals surface area contributed by atoms with E-state index < -0.39 is 0 Å². The molecular formula is C28H26O7. The predicted octanol–water partition coefficient (Wildman–Crippen LogP) is 5.36. The normalized spacial score (nSPS) is 10.8. The molecule has 1 heterocycles. The van der Waals surface area contributed by atoms with Crippen LogP contribution in [0.1, 0.15) is 21.5 Å². The van der Waals surface area contributed by atoms with Gasteiger partial charge in [-0.25, -0.2) is 0 Å². The van der Waals surface area contributed by atoms with Crippen LogP contribution in [0, 0.1) is 13.8 Å². The minimum absolute atomic E-state index is 0.0464. The van der Waals surface area contributed by atoms with Crippen LogP contribution in [-0.4, -0.2) is 33.7 Å². The van der Waals surface area contributed by atoms with Crippen LogP contribution >= 0.6 is 0 Å². The number of hydrogen-bond acceptors (Lipinski definition) is 7. The van der Waals surface area contributed by atoms with E-state index in [1.807, 2.05) is 19.9 Å². The first-order valence-corrected chi connectivity index (χ1v) is 11.0. The minimum Gasteiger partial charge on any atom is -0.497 e. The van der Waals surface area contributed by atoms with Crippen LogP contribution in [0.5, 0.6) is 23.0 Å². The second-order valence-electron chi connectivity index (χ2n) is 8.03. The molecule has 0 aliphatic heterocycles. The average Bonchev–Trinajstić information content (AvgIpc) is 2.88. The van der Waals surface area contributed by atoms with Gasteiger partial charge in [0.05, 0.1) is 26.7 Å². The monoisotopic (exact) mass is 474 g/mol. The maximum absolute atomic E-state index is 13.5. The van der Waals surface area contributed by atoms with Crippen LogP contribution in [0.2, 0.25) is 0 Å². The Hall–Kier alpha value is -4.26. The van der Waals surface area contributed by atoms with Gasteiger partial charge >= 0.3 is 0 Å². The van der Waals surface area contributed by atoms with Crippen LogP contribution in [0.3, 0.4) is 0 Å². The van der Waals surface area contributed by atoms with Crippen molar-refractivity contribution in [2.24, 2.45) is 0 Å². The third-order valence-electron chi connectivity index (χ3n) is 5.87. The van der Waals surface area contributed by atoms with Gasteiger partial charge in [-0.1, -0.05) is 0 Å². The van der Waals surface area contributed by atoms with Gasteiger partial charge < -0.3 is 23.4 Å². The van der Waals surface area contributed by atoms with Crippen LogP contribution in [0.4, 0.5) is 0 Å². The summed E-state index contributed by atoms with van der Waals surface area (Å²) >= 11 is 0. The van der Waals surface area contributed by atoms with E-state index in [-0.39, 0.29) is 29.3 Å². The molecule has 0 N–H and O–H groups in total. The van der Waals surface area contributed by atoms with Crippen molar-refractivity contribution in [3.05, 3.63) is 81.5 Å². The molecule has 4 aromatic rings. The number of hydrogen-bond donors (Lipinski definition) is 0. The van der Waals surface area contributed by atoms with Crippen molar-refractivity contribution >= 4 is 16.8 Å². The van der Waals surface area contributed by atoms with Gasteiger partial charge in [-0.15, -0.1) is 0 Å². The molecule has 3 aromatic carbocycles. The summed E-state index contributed by atoms with van der Waals surface area (Å²) in [4.78, 5) is 26.3. The summed E-state index contributed by atoms with van der Waals surface area (Å²) in [7, 11) is 4.62. The number of rotatable bonds is 8. The molecule has 35 heavy (non-hydrogen) atoms. The zero-order valence-electron chi connectivity index (χ0n) is 20.3. The van der Waals surface area contributed by atoms with E-state index in [0.717, 1.165) is 11.1 Å². The highest BCUT2D eigenvalue weighted by Crippen LogP contribution is 2.37. The average molecular weight is 475 g/mol. The summed E-state index contributed by atoms with van der Waals surface area (Å²) < 4.78 is 27.9. The van der Waals surface area contributed by atoms with Gasteiger partial charge in [-0.3, -0.25) is 9.59 Å². The summed E-state index contributed by atoms with van der Waals surface area (Å²) in [6, 6.07) is 15.4. The maximum Gasteiger partial charge on any atom is 0.235 e. The van der Waals surface area contributed by atoms with E-state index >= 15 is 0 Å². The molecule has 7 heteroatoms. The molecule has 0 atom stereocenters. The van der Waals surface area contributed by atoms with Crippen LogP contribution in [0.15, 0.2) is 63.8 Å². The Morgan fingerprint density at radius 3 is 2.17 bits per heavy atom. The lowest BCUT2D eigenvalue weighted by Gasteiger charge is -2.14. The Bertz CT molecular complexity index is 1450. The lowest BCUT2D eigenvalue weighted by atomic mass is 10.0. The van der Waals surface area contributed by atoms with E-state index in [2.05, 4.69) is 0 Å². The second kappa shape index (κ2) is 9.93. The van der Waals surface area contributed by atoms with E-state index in [1.54, 1.807) is 55.6 Å². The first-order valence-electron chi connectivity index (χ1n) is 11.0. The molecule has 0 saturated carbocycles. The molecule has 0 spiro atoms. The highest BCUT2D eigenvalue weighted by atomic mass is 16.5. The zero-order valence-corrected chi connectivity index (χ0v) is 20.3. The van der Waals surface area contributed by atoms with Crippen LogP contribution in [0.25, 0.3) is 22.3 Å². The van der Waals surface area contributed by atoms with Gasteiger partial charge in [-0.05, 0) is 79.6 Å². The third-order valence-corrected chi connectivity index (χ3v) is 5.87. The van der Waals surface area contributed by atoms with Crippen molar-refractivity contribution < 1.29 is 28.2 Å². The zero-order chi connectivity index (χ0) is 25.1. The quantitative estimate of drug-likeness (QED) is 0.318. The van der Waals surface area contributed by atoms with Gasteiger partial charge in [0.25, 0.3) is 0 Å². The first-order chi connectivity index (χ1) is 16.9. The maximum atomic E-state index is 13.5. The SMILES string of the molecule is COc1ccc(C(=O)COc2c(-c3ccc(OC)c(OC)c3)oc3cc(C)c(C)cc3c2=O)cc1. The van der Waals surface area contributed by atoms with E-state index in [9.17, 15) is 9.59 Å². The van der Waals surface area contributed by atoms with Gasteiger partial charge in [0.15, 0.2) is 29.6 Å². The van der Waals surface area contributed by atoms with Gasteiger partial charge in [0, 0.05) is 11.1 Å². The molecule has 0 aliphatic carbocycles. The number of aryl methyl sites for hydroxylation is 2. The Morgan fingerprint density at radius 2 is 1.51 bits per heavy atom. The largest absolute Gasteiger partial charge is 0.497 e. The van der Waals surface area contributed by atoms with Gasteiger partial charge in [0.1, 0.15) is 11.3 Å². The van der Waals surface area contributed by atoms with Crippen molar-refractivity contribution in [1.29, 1.82) is 0 Å². The number of benzene rings is 3. The Kier molecular flexibility index (Phi) is 6.78. The highest BCUT2D eigenvalue weighted by molar-refractivity contribution is 5.97. The fourth-order valence-corrected chi connectivity index (χ4v) is 3.73. The molecule has 7 nitrogen and oxygen atoms in total. The summed E-state index contributed by atoms with van der Waals surface area (Å²) in [5.74, 6) is 1.50. The number of carbonyl (C=O) groups is 1. The molecule has 0 saturated heterocycles. The van der Waals surface area contributed by atoms with Crippen LogP contribution in [-0.2, 0) is 0 Å². The van der Waals surface area contributed by atoms with Crippen molar-refractivity contribution in [2.75, 3.05) is 27.9 Å². The fourth-order valence-electron chi connectivity index (χ4n) is 3.73. The lowest BCUT2D eigenvalue weighted by molar-refractivity contribution is 0.0920. The highest BCUT2D eigenvalue weighted by Gasteiger charge is 2.21. The Balaban J connectivity index is 1.81. The van der Waals surface area contributed by atoms with Crippen molar-refractivity contribution in [3.63, 3.8) is 0 Å². The van der Waals surface area contributed by atoms with Crippen LogP contribution < -0.4 is 24.4 Å². The summed E-state index contributed by atoms with van der Waals surface area (Å²) in [5.41, 5.74) is 2.99. The topological polar surface area (TPSA) is 84.2 Å². The first kappa shape index (κ1) is 23.9. The summed E-state index contributed by atoms with van der Waals surface area (Å²) in [6.07, 6.45) is 0. The summed E-state index contributed by atoms with van der Waals surface area (Å²) in [5, 5.41) is 0.379. The van der Waals surface area contributed by atoms with Crippen molar-refractivity contribution in [3.8, 4) is 34.3 Å². The van der Waals surface area contributed by atoms with E-state index in [4.69, 9.17) is 23.4 Å². The number of ether oxygens (including phenoxy) is 4. The van der Waals surface area contributed by atoms with E-state index in [1.165, 1.54) is 14.2 Å². The summed E-state index contributed by atoms with van der Waals surface area (Å²) in [6.45, 7) is 3.53. The standard InChI is InChI=1S/C28H26O7/c1-16-12-21-24(13-17(16)2)35-27(19-8-11-23(32-4)25(14-19)33-5)28(26(21)30)34-15-22(29)18-6-9-20(31-3)10-7-18/h6-14H,15H2,1-5H3.